The highest BCUT2D eigenvalue weighted by Crippen LogP contribution is 2.20. The molecule has 146 valence electrons. The van der Waals surface area contributed by atoms with Gasteiger partial charge in [-0.1, -0.05) is 23.8 Å². The number of hydrogen-bond donors (Lipinski definition) is 1. The van der Waals surface area contributed by atoms with E-state index in [1.54, 1.807) is 0 Å². The Balaban J connectivity index is 1.37. The van der Waals surface area contributed by atoms with Crippen LogP contribution < -0.4 is 10.2 Å². The molecule has 5 nitrogen and oxygen atoms in total. The molecule has 0 radical (unpaired) electrons. The molecule has 1 aromatic rings. The van der Waals surface area contributed by atoms with Crippen LogP contribution in [-0.2, 0) is 9.59 Å². The Morgan fingerprint density at radius 2 is 1.93 bits per heavy atom. The highest BCUT2D eigenvalue weighted by molar-refractivity contribution is 5.97. The second kappa shape index (κ2) is 9.58. The van der Waals surface area contributed by atoms with E-state index in [-0.39, 0.29) is 18.2 Å². The molecule has 0 atom stereocenters. The van der Waals surface area contributed by atoms with Gasteiger partial charge in [0, 0.05) is 38.4 Å². The maximum Gasteiger partial charge on any atom is 0.232 e. The molecular weight excluding hydrogens is 338 g/mol. The number of carbonyl (C=O) groups excluding carboxylic acids is 2. The van der Waals surface area contributed by atoms with Gasteiger partial charge in [0.15, 0.2) is 0 Å². The van der Waals surface area contributed by atoms with E-state index in [2.05, 4.69) is 47.5 Å². The van der Waals surface area contributed by atoms with Gasteiger partial charge in [0.25, 0.3) is 0 Å². The minimum absolute atomic E-state index is 0.0382. The number of carbonyl (C=O) groups is 2. The van der Waals surface area contributed by atoms with Crippen LogP contribution in [0.5, 0.6) is 0 Å². The molecule has 0 unspecified atom stereocenters. The van der Waals surface area contributed by atoms with Gasteiger partial charge in [0.1, 0.15) is 6.42 Å². The molecule has 3 rings (SSSR count). The van der Waals surface area contributed by atoms with Crippen molar-refractivity contribution in [1.82, 2.24) is 10.2 Å². The smallest absolute Gasteiger partial charge is 0.232 e. The first-order valence-electron chi connectivity index (χ1n) is 10.2. The van der Waals surface area contributed by atoms with Gasteiger partial charge >= 0.3 is 0 Å². The van der Waals surface area contributed by atoms with Crippen molar-refractivity contribution in [2.75, 3.05) is 37.6 Å². The van der Waals surface area contributed by atoms with Crippen LogP contribution in [0, 0.1) is 6.92 Å². The first kappa shape index (κ1) is 19.5. The molecule has 1 N–H and O–H groups in total. The van der Waals surface area contributed by atoms with Crippen LogP contribution in [0.2, 0.25) is 0 Å². The lowest BCUT2D eigenvalue weighted by Crippen LogP contribution is -2.49. The molecule has 0 spiro atoms. The van der Waals surface area contributed by atoms with E-state index < -0.39 is 0 Å². The van der Waals surface area contributed by atoms with Crippen LogP contribution in [0.4, 0.5) is 5.69 Å². The Morgan fingerprint density at radius 3 is 2.63 bits per heavy atom. The minimum atomic E-state index is -0.155. The van der Waals surface area contributed by atoms with Gasteiger partial charge in [-0.3, -0.25) is 9.59 Å². The predicted molar refractivity (Wildman–Crippen MR) is 109 cm³/mol. The van der Waals surface area contributed by atoms with Crippen molar-refractivity contribution in [3.8, 4) is 0 Å². The summed E-state index contributed by atoms with van der Waals surface area (Å²) in [4.78, 5) is 28.6. The normalized spacial score (nSPS) is 17.4. The third kappa shape index (κ3) is 5.84. The maximum atomic E-state index is 12.4. The highest BCUT2D eigenvalue weighted by Gasteiger charge is 2.23. The number of piperazine rings is 1. The molecule has 2 amide bonds. The molecule has 1 heterocycles. The van der Waals surface area contributed by atoms with Gasteiger partial charge < -0.3 is 15.1 Å². The molecule has 0 aromatic heterocycles. The van der Waals surface area contributed by atoms with Crippen LogP contribution in [0.25, 0.3) is 0 Å². The van der Waals surface area contributed by atoms with Crippen LogP contribution in [0.3, 0.4) is 0 Å². The first-order chi connectivity index (χ1) is 13.1. The zero-order valence-electron chi connectivity index (χ0n) is 16.4. The largest absolute Gasteiger partial charge is 0.368 e. The molecule has 1 aromatic carbocycles. The average Bonchev–Trinajstić information content (AvgIpc) is 2.69. The monoisotopic (exact) mass is 369 g/mol. The van der Waals surface area contributed by atoms with E-state index >= 15 is 0 Å². The van der Waals surface area contributed by atoms with Crippen LogP contribution in [0.1, 0.15) is 44.1 Å². The molecule has 0 saturated carbocycles. The van der Waals surface area contributed by atoms with Crippen molar-refractivity contribution in [2.24, 2.45) is 0 Å². The van der Waals surface area contributed by atoms with Gasteiger partial charge in [-0.05, 0) is 56.7 Å². The average molecular weight is 370 g/mol. The fourth-order valence-corrected chi connectivity index (χ4v) is 3.84. The van der Waals surface area contributed by atoms with Gasteiger partial charge in [-0.25, -0.2) is 0 Å². The first-order valence-corrected chi connectivity index (χ1v) is 10.2. The minimum Gasteiger partial charge on any atom is -0.368 e. The van der Waals surface area contributed by atoms with E-state index in [4.69, 9.17) is 0 Å². The summed E-state index contributed by atoms with van der Waals surface area (Å²) in [6.45, 7) is 5.70. The molecule has 2 aliphatic rings. The SMILES string of the molecule is Cc1cccc(N2CCN(C(=O)CC(=O)NCCC3=CCCCC3)CC2)c1. The van der Waals surface area contributed by atoms with E-state index in [9.17, 15) is 9.59 Å². The lowest BCUT2D eigenvalue weighted by molar-refractivity contribution is -0.136. The van der Waals surface area contributed by atoms with Crippen molar-refractivity contribution in [2.45, 2.75) is 45.4 Å². The number of allylic oxidation sites excluding steroid dienone is 1. The number of hydrogen-bond acceptors (Lipinski definition) is 3. The summed E-state index contributed by atoms with van der Waals surface area (Å²) in [5, 5.41) is 2.90. The molecule has 1 saturated heterocycles. The number of benzene rings is 1. The van der Waals surface area contributed by atoms with Crippen molar-refractivity contribution in [3.05, 3.63) is 41.5 Å². The molecule has 1 aliphatic heterocycles. The lowest BCUT2D eigenvalue weighted by Gasteiger charge is -2.36. The predicted octanol–water partition coefficient (Wildman–Crippen LogP) is 3.04. The summed E-state index contributed by atoms with van der Waals surface area (Å²) in [5.74, 6) is -0.217. The van der Waals surface area contributed by atoms with Crippen molar-refractivity contribution in [1.29, 1.82) is 0 Å². The molecule has 0 bridgehead atoms. The van der Waals surface area contributed by atoms with Crippen LogP contribution >= 0.6 is 0 Å². The van der Waals surface area contributed by atoms with E-state index in [0.29, 0.717) is 19.6 Å². The van der Waals surface area contributed by atoms with Crippen molar-refractivity contribution >= 4 is 17.5 Å². The maximum absolute atomic E-state index is 12.4. The number of rotatable bonds is 6. The van der Waals surface area contributed by atoms with Crippen LogP contribution in [0.15, 0.2) is 35.9 Å². The van der Waals surface area contributed by atoms with Gasteiger partial charge in [0.05, 0.1) is 0 Å². The Bertz CT molecular complexity index is 691. The number of nitrogens with zero attached hydrogens (tertiary/aromatic N) is 2. The Labute approximate surface area is 162 Å². The quantitative estimate of drug-likeness (QED) is 0.619. The second-order valence-electron chi connectivity index (χ2n) is 7.59. The zero-order valence-corrected chi connectivity index (χ0v) is 16.4. The summed E-state index contributed by atoms with van der Waals surface area (Å²) in [5.41, 5.74) is 3.89. The molecule has 1 fully saturated rings. The molecule has 5 heteroatoms. The second-order valence-corrected chi connectivity index (χ2v) is 7.59. The number of nitrogens with one attached hydrogen (secondary N) is 1. The van der Waals surface area contributed by atoms with Crippen molar-refractivity contribution < 1.29 is 9.59 Å². The summed E-state index contributed by atoms with van der Waals surface area (Å²) in [6.07, 6.45) is 8.03. The van der Waals surface area contributed by atoms with Crippen molar-refractivity contribution in [3.63, 3.8) is 0 Å². The van der Waals surface area contributed by atoms with Gasteiger partial charge in [-0.2, -0.15) is 0 Å². The standard InChI is InChI=1S/C22H31N3O2/c1-18-6-5-9-20(16-18)24-12-14-25(15-13-24)22(27)17-21(26)23-11-10-19-7-3-2-4-8-19/h5-7,9,16H,2-4,8,10-15,17H2,1H3,(H,23,26). The fraction of sp³-hybridized carbons (Fsp3) is 0.545. The van der Waals surface area contributed by atoms with Gasteiger partial charge in [-0.15, -0.1) is 0 Å². The third-order valence-electron chi connectivity index (χ3n) is 5.46. The fourth-order valence-electron chi connectivity index (χ4n) is 3.84. The lowest BCUT2D eigenvalue weighted by atomic mass is 9.97. The summed E-state index contributed by atoms with van der Waals surface area (Å²) in [6, 6.07) is 8.44. The van der Waals surface area contributed by atoms with E-state index in [0.717, 1.165) is 32.4 Å². The zero-order chi connectivity index (χ0) is 19.1. The Morgan fingerprint density at radius 1 is 1.11 bits per heavy atom. The van der Waals surface area contributed by atoms with Gasteiger partial charge in [0.2, 0.25) is 11.8 Å². The third-order valence-corrected chi connectivity index (χ3v) is 5.46. The van der Waals surface area contributed by atoms with Crippen LogP contribution in [-0.4, -0.2) is 49.4 Å². The van der Waals surface area contributed by atoms with E-state index in [1.165, 1.54) is 29.7 Å². The molecular formula is C22H31N3O2. The Kier molecular flexibility index (Phi) is 6.91. The summed E-state index contributed by atoms with van der Waals surface area (Å²) in [7, 11) is 0. The Hall–Kier alpha value is -2.30. The molecule has 27 heavy (non-hydrogen) atoms. The molecule has 1 aliphatic carbocycles. The topological polar surface area (TPSA) is 52.7 Å². The number of anilines is 1. The number of aryl methyl sites for hydroxylation is 1. The number of amides is 2. The highest BCUT2D eigenvalue weighted by atomic mass is 16.2. The summed E-state index contributed by atoms with van der Waals surface area (Å²) >= 11 is 0. The van der Waals surface area contributed by atoms with E-state index in [1.807, 2.05) is 4.90 Å². The summed E-state index contributed by atoms with van der Waals surface area (Å²) < 4.78 is 0.